The van der Waals surface area contributed by atoms with Crippen molar-refractivity contribution in [2.24, 2.45) is 0 Å². The molecule has 0 fully saturated rings. The van der Waals surface area contributed by atoms with E-state index in [1.807, 2.05) is 168 Å². The van der Waals surface area contributed by atoms with Gasteiger partial charge in [0.1, 0.15) is 22.4 Å². The van der Waals surface area contributed by atoms with E-state index < -0.39 is 34.6 Å². The van der Waals surface area contributed by atoms with Crippen LogP contribution in [0.2, 0.25) is 0 Å². The van der Waals surface area contributed by atoms with Crippen molar-refractivity contribution in [3.8, 4) is 0 Å². The van der Waals surface area contributed by atoms with E-state index in [1.54, 1.807) is 12.1 Å². The van der Waals surface area contributed by atoms with Crippen LogP contribution in [0.25, 0.3) is 0 Å². The number of amides is 4. The van der Waals surface area contributed by atoms with Gasteiger partial charge in [0, 0.05) is 48.9 Å². The average molecular weight is 931 g/mol. The highest BCUT2D eigenvalue weighted by Gasteiger charge is 2.18. The summed E-state index contributed by atoms with van der Waals surface area (Å²) in [4.78, 5) is 45.4. The minimum absolute atomic E-state index is 0.382. The van der Waals surface area contributed by atoms with Crippen molar-refractivity contribution in [3.63, 3.8) is 0 Å². The van der Waals surface area contributed by atoms with Crippen LogP contribution >= 0.6 is 0 Å². The number of rotatable bonds is 11. The fourth-order valence-corrected chi connectivity index (χ4v) is 5.18. The second-order valence-corrected chi connectivity index (χ2v) is 19.3. The zero-order valence-corrected chi connectivity index (χ0v) is 41.8. The number of benzene rings is 4. The van der Waals surface area contributed by atoms with Crippen LogP contribution in [0.4, 0.5) is 41.9 Å². The number of carbonyl (C=O) groups is 4. The van der Waals surface area contributed by atoms with E-state index >= 15 is 0 Å². The molecular formula is C51H78N8O8. The van der Waals surface area contributed by atoms with Crippen LogP contribution in [0.3, 0.4) is 0 Å². The number of nitrogen functional groups attached to an aromatic ring is 4. The van der Waals surface area contributed by atoms with Gasteiger partial charge in [-0.2, -0.15) is 0 Å². The number of ether oxygens (including phenoxy) is 4. The maximum Gasteiger partial charge on any atom is 0.407 e. The number of nitrogens with two attached hydrogens (primary N) is 4. The van der Waals surface area contributed by atoms with E-state index in [9.17, 15) is 19.2 Å². The quantitative estimate of drug-likeness (QED) is 0.0517. The fraction of sp³-hybridized carbons (Fsp3) is 0.451. The van der Waals surface area contributed by atoms with Crippen molar-refractivity contribution in [1.82, 2.24) is 21.3 Å². The first-order valence-electron chi connectivity index (χ1n) is 22.2. The zero-order chi connectivity index (χ0) is 50.8. The van der Waals surface area contributed by atoms with Gasteiger partial charge >= 0.3 is 24.4 Å². The van der Waals surface area contributed by atoms with Gasteiger partial charge in [-0.3, -0.25) is 0 Å². The molecule has 0 unspecified atom stereocenters. The highest BCUT2D eigenvalue weighted by atomic mass is 16.6. The molecule has 370 valence electrons. The smallest absolute Gasteiger partial charge is 0.407 e. The second kappa shape index (κ2) is 28.3. The van der Waals surface area contributed by atoms with Gasteiger partial charge in [0.25, 0.3) is 0 Å². The van der Waals surface area contributed by atoms with Crippen LogP contribution in [0.5, 0.6) is 0 Å². The normalized spacial score (nSPS) is 11.0. The molecular weight excluding hydrogens is 853 g/mol. The third kappa shape index (κ3) is 32.5. The number of para-hydroxylation sites is 1. The van der Waals surface area contributed by atoms with Crippen molar-refractivity contribution in [2.75, 3.05) is 42.6 Å². The molecule has 0 aromatic heterocycles. The Morgan fingerprint density at radius 2 is 0.776 bits per heavy atom. The molecule has 0 radical (unpaired) electrons. The third-order valence-corrected chi connectivity index (χ3v) is 8.03. The molecule has 67 heavy (non-hydrogen) atoms. The van der Waals surface area contributed by atoms with Gasteiger partial charge in [-0.25, -0.2) is 19.2 Å². The van der Waals surface area contributed by atoms with Gasteiger partial charge < -0.3 is 63.1 Å². The molecule has 16 heteroatoms. The number of nitrogens with one attached hydrogen (secondary N) is 4. The highest BCUT2D eigenvalue weighted by Crippen LogP contribution is 2.13. The second-order valence-electron chi connectivity index (χ2n) is 19.3. The number of hydrogen-bond donors (Lipinski definition) is 8. The van der Waals surface area contributed by atoms with Gasteiger partial charge in [0.2, 0.25) is 0 Å². The minimum Gasteiger partial charge on any atom is -0.444 e. The number of alkyl carbamates (subject to hydrolysis) is 4. The van der Waals surface area contributed by atoms with E-state index in [-0.39, 0.29) is 12.2 Å². The molecule has 16 nitrogen and oxygen atoms in total. The van der Waals surface area contributed by atoms with Crippen LogP contribution in [0, 0.1) is 0 Å². The molecule has 0 atom stereocenters. The molecule has 0 aliphatic carbocycles. The number of carbonyl (C=O) groups excluding carboxylic acids is 4. The van der Waals surface area contributed by atoms with Gasteiger partial charge in [-0.1, -0.05) is 54.6 Å². The predicted octanol–water partition coefficient (Wildman–Crippen LogP) is 9.30. The van der Waals surface area contributed by atoms with Crippen molar-refractivity contribution < 1.29 is 38.1 Å². The van der Waals surface area contributed by atoms with E-state index in [0.29, 0.717) is 38.3 Å². The predicted molar refractivity (Wildman–Crippen MR) is 270 cm³/mol. The lowest BCUT2D eigenvalue weighted by Crippen LogP contribution is -2.33. The Morgan fingerprint density at radius 1 is 0.403 bits per heavy atom. The van der Waals surface area contributed by atoms with E-state index in [2.05, 4.69) is 21.3 Å². The topological polar surface area (TPSA) is 257 Å². The monoisotopic (exact) mass is 931 g/mol. The van der Waals surface area contributed by atoms with E-state index in [1.165, 1.54) is 0 Å². The summed E-state index contributed by atoms with van der Waals surface area (Å²) in [6.07, 6.45) is 0.626. The molecule has 4 aromatic rings. The molecule has 0 bridgehead atoms. The van der Waals surface area contributed by atoms with Crippen LogP contribution in [0.15, 0.2) is 97.1 Å². The van der Waals surface area contributed by atoms with E-state index in [0.717, 1.165) is 52.2 Å². The highest BCUT2D eigenvalue weighted by molar-refractivity contribution is 5.69. The van der Waals surface area contributed by atoms with Crippen molar-refractivity contribution in [3.05, 3.63) is 119 Å². The van der Waals surface area contributed by atoms with Gasteiger partial charge in [0.05, 0.1) is 0 Å². The first-order valence-corrected chi connectivity index (χ1v) is 22.2. The van der Waals surface area contributed by atoms with Crippen molar-refractivity contribution in [1.29, 1.82) is 0 Å². The lowest BCUT2D eigenvalue weighted by Gasteiger charge is -2.19. The molecule has 0 saturated carbocycles. The molecule has 4 aromatic carbocycles. The zero-order valence-electron chi connectivity index (χ0n) is 41.8. The van der Waals surface area contributed by atoms with Crippen molar-refractivity contribution >= 4 is 47.1 Å². The molecule has 0 saturated heterocycles. The summed E-state index contributed by atoms with van der Waals surface area (Å²) in [5.74, 6) is 0. The molecule has 4 amide bonds. The van der Waals surface area contributed by atoms with Crippen LogP contribution in [-0.2, 0) is 44.8 Å². The average Bonchev–Trinajstić information content (AvgIpc) is 3.17. The SMILES string of the molecule is CC(C)(C)OC(=O)NCCc1ccc(N)cc1.CC(C)(C)OC(=O)NCCc1cccc(N)c1.CC(C)(C)OC(=O)NCCc1ccccc1N.CC(C)(C)OC(=O)NCc1ccc(N)cc1. The summed E-state index contributed by atoms with van der Waals surface area (Å²) in [6.45, 7) is 24.1. The first-order chi connectivity index (χ1) is 31.0. The molecule has 0 aliphatic rings. The van der Waals surface area contributed by atoms with Gasteiger partial charge in [-0.05, 0) is 167 Å². The summed E-state index contributed by atoms with van der Waals surface area (Å²) < 4.78 is 20.5. The standard InChI is InChI=1S/3C13H20N2O2.C12H18N2O2/c1-13(2,3)17-12(16)15-9-8-10-4-6-11(14)7-5-10;1-13(2,3)17-12(16)15-8-7-10-5-4-6-11(14)9-10;1-13(2,3)17-12(16)15-9-8-10-6-4-5-7-11(10)14;1-12(2,3)16-11(15)14-8-9-4-6-10(13)7-5-9/h4-7H,8-9,14H2,1-3H3,(H,15,16);4-6,9H,7-8,14H2,1-3H3,(H,15,16);4-7H,8-9,14H2,1-3H3,(H,15,16);4-7H,8,13H2,1-3H3,(H,14,15). The summed E-state index contributed by atoms with van der Waals surface area (Å²) in [6, 6.07) is 30.2. The maximum atomic E-state index is 11.4. The minimum atomic E-state index is -0.467. The lowest BCUT2D eigenvalue weighted by atomic mass is 10.1. The first kappa shape index (κ1) is 58.2. The summed E-state index contributed by atoms with van der Waals surface area (Å²) in [5, 5.41) is 10.8. The van der Waals surface area contributed by atoms with Gasteiger partial charge in [0.15, 0.2) is 0 Å². The lowest BCUT2D eigenvalue weighted by molar-refractivity contribution is 0.0513. The number of hydrogen-bond acceptors (Lipinski definition) is 12. The maximum absolute atomic E-state index is 11.4. The molecule has 12 N–H and O–H groups in total. The Kier molecular flexibility index (Phi) is 24.5. The largest absolute Gasteiger partial charge is 0.444 e. The van der Waals surface area contributed by atoms with E-state index in [4.69, 9.17) is 41.9 Å². The molecule has 4 rings (SSSR count). The Labute approximate surface area is 398 Å². The fourth-order valence-electron chi connectivity index (χ4n) is 5.18. The van der Waals surface area contributed by atoms with Crippen molar-refractivity contribution in [2.45, 2.75) is 131 Å². The molecule has 0 spiro atoms. The summed E-state index contributed by atoms with van der Waals surface area (Å²) in [7, 11) is 0. The van der Waals surface area contributed by atoms with Crippen LogP contribution in [0.1, 0.15) is 105 Å². The Bertz CT molecular complexity index is 2080. The summed E-state index contributed by atoms with van der Waals surface area (Å²) in [5.41, 5.74) is 27.9. The Balaban J connectivity index is 0.000000447. The third-order valence-electron chi connectivity index (χ3n) is 8.03. The summed E-state index contributed by atoms with van der Waals surface area (Å²) >= 11 is 0. The van der Waals surface area contributed by atoms with Gasteiger partial charge in [-0.15, -0.1) is 0 Å². The molecule has 0 aliphatic heterocycles. The molecule has 0 heterocycles. The van der Waals surface area contributed by atoms with Crippen LogP contribution in [-0.4, -0.2) is 66.4 Å². The number of anilines is 4. The Hall–Kier alpha value is -6.84. The van der Waals surface area contributed by atoms with Crippen LogP contribution < -0.4 is 44.2 Å². The Morgan fingerprint density at radius 3 is 1.18 bits per heavy atom.